The van der Waals surface area contributed by atoms with Crippen LogP contribution in [0.3, 0.4) is 0 Å². The van der Waals surface area contributed by atoms with E-state index in [9.17, 15) is 13.2 Å². The van der Waals surface area contributed by atoms with Crippen LogP contribution in [-0.4, -0.2) is 27.5 Å². The van der Waals surface area contributed by atoms with Crippen LogP contribution in [0.15, 0.2) is 53.4 Å². The second-order valence-corrected chi connectivity index (χ2v) is 7.29. The van der Waals surface area contributed by atoms with Crippen molar-refractivity contribution in [2.24, 2.45) is 5.14 Å². The summed E-state index contributed by atoms with van der Waals surface area (Å²) < 4.78 is 27.8. The Balaban J connectivity index is 1.69. The maximum absolute atomic E-state index is 11.8. The maximum atomic E-state index is 11.8. The lowest BCUT2D eigenvalue weighted by Gasteiger charge is -2.08. The molecule has 2 aromatic carbocycles. The van der Waals surface area contributed by atoms with Gasteiger partial charge in [0.25, 0.3) is 0 Å². The van der Waals surface area contributed by atoms with E-state index >= 15 is 0 Å². The molecule has 0 saturated carbocycles. The number of carbonyl (C=O) groups excluding carboxylic acids is 1. The van der Waals surface area contributed by atoms with Crippen molar-refractivity contribution in [3.05, 3.63) is 59.1 Å². The number of halogens is 1. The maximum Gasteiger partial charge on any atom is 0.238 e. The number of nitrogens with one attached hydrogen (secondary N) is 1. The van der Waals surface area contributed by atoms with Gasteiger partial charge in [-0.25, -0.2) is 13.6 Å². The third-order valence-electron chi connectivity index (χ3n) is 3.41. The van der Waals surface area contributed by atoms with Crippen molar-refractivity contribution in [2.45, 2.75) is 17.7 Å². The van der Waals surface area contributed by atoms with Gasteiger partial charge in [0.2, 0.25) is 15.9 Å². The Bertz CT molecular complexity index is 823. The number of para-hydroxylation sites is 1. The molecule has 0 aliphatic rings. The van der Waals surface area contributed by atoms with Crippen LogP contribution in [0.2, 0.25) is 5.02 Å². The molecule has 0 heterocycles. The van der Waals surface area contributed by atoms with Gasteiger partial charge in [-0.3, -0.25) is 4.79 Å². The molecule has 0 atom stereocenters. The number of benzene rings is 2. The van der Waals surface area contributed by atoms with E-state index in [0.717, 1.165) is 5.56 Å². The molecule has 2 aromatic rings. The molecule has 0 radical (unpaired) electrons. The van der Waals surface area contributed by atoms with Gasteiger partial charge in [-0.2, -0.15) is 0 Å². The van der Waals surface area contributed by atoms with Crippen molar-refractivity contribution in [3.63, 3.8) is 0 Å². The van der Waals surface area contributed by atoms with Gasteiger partial charge < -0.3 is 10.1 Å². The Morgan fingerprint density at radius 2 is 1.80 bits per heavy atom. The molecule has 1 amide bonds. The predicted octanol–water partition coefficient (Wildman–Crippen LogP) is 2.12. The fourth-order valence-corrected chi connectivity index (χ4v) is 2.80. The highest BCUT2D eigenvalue weighted by molar-refractivity contribution is 7.89. The van der Waals surface area contributed by atoms with Crippen LogP contribution in [-0.2, 0) is 21.2 Å². The third-order valence-corrected chi connectivity index (χ3v) is 4.65. The van der Waals surface area contributed by atoms with E-state index in [-0.39, 0.29) is 23.8 Å². The molecule has 3 N–H and O–H groups in total. The molecular formula is C17H19ClN2O4S. The van der Waals surface area contributed by atoms with Crippen LogP contribution in [0.1, 0.15) is 12.0 Å². The average molecular weight is 383 g/mol. The Kier molecular flexibility index (Phi) is 6.81. The smallest absolute Gasteiger partial charge is 0.238 e. The summed E-state index contributed by atoms with van der Waals surface area (Å²) in [5.41, 5.74) is 0.903. The summed E-state index contributed by atoms with van der Waals surface area (Å²) >= 11 is 5.96. The van der Waals surface area contributed by atoms with Gasteiger partial charge in [0.05, 0.1) is 22.9 Å². The highest BCUT2D eigenvalue weighted by Crippen LogP contribution is 2.22. The molecule has 25 heavy (non-hydrogen) atoms. The van der Waals surface area contributed by atoms with Gasteiger partial charge in [0.1, 0.15) is 5.75 Å². The second kappa shape index (κ2) is 8.84. The van der Waals surface area contributed by atoms with Gasteiger partial charge in [0, 0.05) is 6.54 Å². The summed E-state index contributed by atoms with van der Waals surface area (Å²) in [5, 5.41) is 8.33. The summed E-state index contributed by atoms with van der Waals surface area (Å²) in [6, 6.07) is 13.3. The average Bonchev–Trinajstić information content (AvgIpc) is 2.56. The molecule has 6 nitrogen and oxygen atoms in total. The largest absolute Gasteiger partial charge is 0.491 e. The number of hydrogen-bond acceptors (Lipinski definition) is 4. The summed E-state index contributed by atoms with van der Waals surface area (Å²) in [7, 11) is -3.68. The van der Waals surface area contributed by atoms with Crippen molar-refractivity contribution >= 4 is 27.5 Å². The third kappa shape index (κ3) is 6.38. The topological polar surface area (TPSA) is 98.5 Å². The normalized spacial score (nSPS) is 11.1. The van der Waals surface area contributed by atoms with E-state index in [1.165, 1.54) is 12.1 Å². The number of amides is 1. The molecule has 0 aliphatic carbocycles. The summed E-state index contributed by atoms with van der Waals surface area (Å²) in [6.07, 6.45) is 0.803. The number of rotatable bonds is 8. The molecule has 0 aromatic heterocycles. The van der Waals surface area contributed by atoms with Gasteiger partial charge in [-0.05, 0) is 36.2 Å². The molecule has 0 bridgehead atoms. The molecule has 0 unspecified atom stereocenters. The number of carbonyl (C=O) groups is 1. The minimum Gasteiger partial charge on any atom is -0.491 e. The first-order valence-corrected chi connectivity index (χ1v) is 9.54. The second-order valence-electron chi connectivity index (χ2n) is 5.32. The zero-order valence-corrected chi connectivity index (χ0v) is 15.0. The lowest BCUT2D eigenvalue weighted by molar-refractivity contribution is -0.121. The summed E-state index contributed by atoms with van der Waals surface area (Å²) in [6.45, 7) is 0.679. The number of ether oxygens (including phenoxy) is 1. The number of primary sulfonamides is 1. The summed E-state index contributed by atoms with van der Waals surface area (Å²) in [4.78, 5) is 11.8. The molecule has 134 valence electrons. The van der Waals surface area contributed by atoms with Crippen LogP contribution in [0.4, 0.5) is 0 Å². The van der Waals surface area contributed by atoms with Crippen LogP contribution in [0.25, 0.3) is 0 Å². The fraction of sp³-hybridized carbons (Fsp3) is 0.235. The quantitative estimate of drug-likeness (QED) is 0.730. The van der Waals surface area contributed by atoms with Crippen LogP contribution in [0, 0.1) is 0 Å². The van der Waals surface area contributed by atoms with Crippen LogP contribution >= 0.6 is 11.6 Å². The highest BCUT2D eigenvalue weighted by atomic mass is 35.5. The first-order valence-electron chi connectivity index (χ1n) is 7.62. The zero-order chi connectivity index (χ0) is 18.3. The van der Waals surface area contributed by atoms with Crippen molar-refractivity contribution < 1.29 is 17.9 Å². The van der Waals surface area contributed by atoms with Crippen molar-refractivity contribution in [1.29, 1.82) is 0 Å². The van der Waals surface area contributed by atoms with Crippen molar-refractivity contribution in [3.8, 4) is 5.75 Å². The lowest BCUT2D eigenvalue weighted by Crippen LogP contribution is -2.27. The number of sulfonamides is 1. The summed E-state index contributed by atoms with van der Waals surface area (Å²) in [5.74, 6) is 0.417. The molecule has 0 spiro atoms. The molecular weight excluding hydrogens is 364 g/mol. The van der Waals surface area contributed by atoms with E-state index in [1.54, 1.807) is 30.3 Å². The van der Waals surface area contributed by atoms with Gasteiger partial charge in [-0.1, -0.05) is 35.9 Å². The minimum atomic E-state index is -3.68. The van der Waals surface area contributed by atoms with E-state index < -0.39 is 10.0 Å². The van der Waals surface area contributed by atoms with E-state index in [1.807, 2.05) is 6.07 Å². The standard InChI is InChI=1S/C17H19ClN2O4S/c18-15-3-1-2-4-16(15)24-12-10-17(21)20-11-9-13-5-7-14(8-6-13)25(19,22)23/h1-8H,9-12H2,(H,20,21)(H2,19,22,23). The predicted molar refractivity (Wildman–Crippen MR) is 96.1 cm³/mol. The lowest BCUT2D eigenvalue weighted by atomic mass is 10.1. The van der Waals surface area contributed by atoms with Crippen LogP contribution in [0.5, 0.6) is 5.75 Å². The van der Waals surface area contributed by atoms with Gasteiger partial charge in [0.15, 0.2) is 0 Å². The highest BCUT2D eigenvalue weighted by Gasteiger charge is 2.07. The molecule has 2 rings (SSSR count). The first-order chi connectivity index (χ1) is 11.9. The Morgan fingerprint density at radius 3 is 2.44 bits per heavy atom. The van der Waals surface area contributed by atoms with E-state index in [0.29, 0.717) is 23.7 Å². The van der Waals surface area contributed by atoms with Gasteiger partial charge in [-0.15, -0.1) is 0 Å². The molecule has 0 saturated heterocycles. The SMILES string of the molecule is NS(=O)(=O)c1ccc(CCNC(=O)CCOc2ccccc2Cl)cc1. The van der Waals surface area contributed by atoms with Crippen molar-refractivity contribution in [2.75, 3.05) is 13.2 Å². The fourth-order valence-electron chi connectivity index (χ4n) is 2.10. The zero-order valence-electron chi connectivity index (χ0n) is 13.4. The van der Waals surface area contributed by atoms with Gasteiger partial charge >= 0.3 is 0 Å². The van der Waals surface area contributed by atoms with Crippen molar-refractivity contribution in [1.82, 2.24) is 5.32 Å². The Hall–Kier alpha value is -2.09. The molecule has 0 fully saturated rings. The first kappa shape index (κ1) is 19.2. The van der Waals surface area contributed by atoms with Crippen LogP contribution < -0.4 is 15.2 Å². The minimum absolute atomic E-state index is 0.0667. The molecule has 8 heteroatoms. The Labute approximate surface area is 152 Å². The monoisotopic (exact) mass is 382 g/mol. The molecule has 0 aliphatic heterocycles. The Morgan fingerprint density at radius 1 is 1.12 bits per heavy atom. The number of hydrogen-bond donors (Lipinski definition) is 2. The van der Waals surface area contributed by atoms with E-state index in [2.05, 4.69) is 5.32 Å². The van der Waals surface area contributed by atoms with E-state index in [4.69, 9.17) is 21.5 Å². The number of nitrogens with two attached hydrogens (primary N) is 1.